The number of unbranched alkanes of at least 4 members (excludes halogenated alkanes) is 6. The number of ether oxygens (including phenoxy) is 3. The fraction of sp³-hybridized carbons (Fsp3) is 0.917. The molecule has 1 rings (SSSR count). The van der Waals surface area contributed by atoms with Crippen molar-refractivity contribution in [2.45, 2.75) is 173 Å². The van der Waals surface area contributed by atoms with Crippen LogP contribution in [-0.4, -0.2) is 66.3 Å². The van der Waals surface area contributed by atoms with E-state index in [0.29, 0.717) is 52.1 Å². The van der Waals surface area contributed by atoms with Gasteiger partial charge in [-0.1, -0.05) is 120 Å². The van der Waals surface area contributed by atoms with E-state index in [9.17, 15) is 0 Å². The van der Waals surface area contributed by atoms with E-state index >= 15 is 0 Å². The minimum Gasteiger partial charge on any atom is -0.463 e. The molecule has 0 unspecified atom stereocenters. The number of hydrogen-bond donors (Lipinski definition) is 0. The third-order valence-corrected chi connectivity index (χ3v) is 12.2. The first-order chi connectivity index (χ1) is 21.4. The van der Waals surface area contributed by atoms with Crippen LogP contribution in [0.25, 0.3) is 0 Å². The highest BCUT2D eigenvalue weighted by Gasteiger charge is 2.20. The quantitative estimate of drug-likeness (QED) is 0.0735. The second-order valence-electron chi connectivity index (χ2n) is 14.0. The predicted octanol–water partition coefficient (Wildman–Crippen LogP) is 11.5. The molecule has 1 aromatic rings. The standard InChI is InChI=1S/C36H69N3O3S3/c1-10-13-16-22-34(4,5)43-28-19-25-40-31-37-32(41-26-20-29-44-35(6,7)23-17-14-11-2)39-33(38-31)42-27-21-30-45-36(8,9)24-18-15-12-3/h10-30H2,1-9H3. The molecule has 0 saturated heterocycles. The Kier molecular flexibility index (Phi) is 23.2. The van der Waals surface area contributed by atoms with Crippen molar-refractivity contribution in [3.63, 3.8) is 0 Å². The van der Waals surface area contributed by atoms with Crippen LogP contribution in [0.5, 0.6) is 18.0 Å². The molecule has 0 amide bonds. The first-order valence-electron chi connectivity index (χ1n) is 18.0. The maximum absolute atomic E-state index is 5.99. The summed E-state index contributed by atoms with van der Waals surface area (Å²) < 4.78 is 18.9. The minimum atomic E-state index is 0.292. The Bertz CT molecular complexity index is 749. The molecule has 0 saturated carbocycles. The van der Waals surface area contributed by atoms with Crippen LogP contribution in [0.1, 0.15) is 159 Å². The third kappa shape index (κ3) is 23.4. The van der Waals surface area contributed by atoms with E-state index in [-0.39, 0.29) is 0 Å². The molecule has 6 nitrogen and oxygen atoms in total. The van der Waals surface area contributed by atoms with Gasteiger partial charge in [-0.05, 0) is 55.8 Å². The molecule has 0 aliphatic rings. The zero-order valence-electron chi connectivity index (χ0n) is 30.6. The molecule has 1 aromatic heterocycles. The van der Waals surface area contributed by atoms with Crippen LogP contribution in [0.15, 0.2) is 0 Å². The van der Waals surface area contributed by atoms with Gasteiger partial charge in [-0.3, -0.25) is 0 Å². The van der Waals surface area contributed by atoms with Crippen molar-refractivity contribution >= 4 is 35.3 Å². The molecule has 0 bridgehead atoms. The van der Waals surface area contributed by atoms with Gasteiger partial charge in [0.1, 0.15) is 0 Å². The normalized spacial score (nSPS) is 12.5. The third-order valence-electron chi connectivity index (χ3n) is 7.76. The Hall–Kier alpha value is -0.540. The average Bonchev–Trinajstić information content (AvgIpc) is 2.96. The Morgan fingerprint density at radius 1 is 0.422 bits per heavy atom. The number of thioether (sulfide) groups is 3. The minimum absolute atomic E-state index is 0.292. The van der Waals surface area contributed by atoms with Crippen molar-refractivity contribution < 1.29 is 14.2 Å². The summed E-state index contributed by atoms with van der Waals surface area (Å²) in [6.45, 7) is 22.6. The number of rotatable bonds is 30. The van der Waals surface area contributed by atoms with Crippen LogP contribution in [-0.2, 0) is 0 Å². The monoisotopic (exact) mass is 687 g/mol. The van der Waals surface area contributed by atoms with Gasteiger partial charge in [0.15, 0.2) is 0 Å². The predicted molar refractivity (Wildman–Crippen MR) is 202 cm³/mol. The Balaban J connectivity index is 2.62. The van der Waals surface area contributed by atoms with E-state index < -0.39 is 0 Å². The molecule has 0 radical (unpaired) electrons. The molecule has 0 N–H and O–H groups in total. The van der Waals surface area contributed by atoms with Gasteiger partial charge in [0.25, 0.3) is 0 Å². The van der Waals surface area contributed by atoms with Crippen molar-refractivity contribution in [1.82, 2.24) is 15.0 Å². The van der Waals surface area contributed by atoms with E-state index in [1.165, 1.54) is 77.0 Å². The Morgan fingerprint density at radius 3 is 0.933 bits per heavy atom. The maximum atomic E-state index is 5.99. The second kappa shape index (κ2) is 24.6. The molecule has 264 valence electrons. The zero-order chi connectivity index (χ0) is 33.4. The maximum Gasteiger partial charge on any atom is 0.325 e. The molecule has 0 fully saturated rings. The number of nitrogens with zero attached hydrogens (tertiary/aromatic N) is 3. The summed E-state index contributed by atoms with van der Waals surface area (Å²) in [7, 11) is 0. The summed E-state index contributed by atoms with van der Waals surface area (Å²) >= 11 is 6.09. The van der Waals surface area contributed by atoms with Gasteiger partial charge in [-0.25, -0.2) is 0 Å². The lowest BCUT2D eigenvalue weighted by Gasteiger charge is -2.24. The van der Waals surface area contributed by atoms with Crippen molar-refractivity contribution in [2.24, 2.45) is 0 Å². The smallest absolute Gasteiger partial charge is 0.325 e. The highest BCUT2D eigenvalue weighted by Crippen LogP contribution is 2.32. The van der Waals surface area contributed by atoms with E-state index in [4.69, 9.17) is 14.2 Å². The lowest BCUT2D eigenvalue weighted by atomic mass is 10.0. The van der Waals surface area contributed by atoms with Gasteiger partial charge in [0.2, 0.25) is 0 Å². The molecule has 0 aliphatic carbocycles. The van der Waals surface area contributed by atoms with Crippen LogP contribution < -0.4 is 14.2 Å². The van der Waals surface area contributed by atoms with Gasteiger partial charge >= 0.3 is 18.0 Å². The Morgan fingerprint density at radius 2 is 0.689 bits per heavy atom. The van der Waals surface area contributed by atoms with Gasteiger partial charge in [-0.2, -0.15) is 35.3 Å². The molecule has 0 atom stereocenters. The van der Waals surface area contributed by atoms with Gasteiger partial charge < -0.3 is 14.2 Å². The molecular weight excluding hydrogens is 619 g/mol. The van der Waals surface area contributed by atoms with Gasteiger partial charge in [0, 0.05) is 14.2 Å². The first-order valence-corrected chi connectivity index (χ1v) is 20.9. The summed E-state index contributed by atoms with van der Waals surface area (Å²) in [6, 6.07) is 0.875. The van der Waals surface area contributed by atoms with E-state index in [1.807, 2.05) is 35.3 Å². The average molecular weight is 688 g/mol. The zero-order valence-corrected chi connectivity index (χ0v) is 33.1. The van der Waals surface area contributed by atoms with Crippen molar-refractivity contribution in [1.29, 1.82) is 0 Å². The van der Waals surface area contributed by atoms with Gasteiger partial charge in [-0.15, -0.1) is 15.0 Å². The Labute approximate surface area is 291 Å². The lowest BCUT2D eigenvalue weighted by molar-refractivity contribution is 0.236. The van der Waals surface area contributed by atoms with Gasteiger partial charge in [0.05, 0.1) is 19.8 Å². The molecule has 45 heavy (non-hydrogen) atoms. The molecule has 9 heteroatoms. The van der Waals surface area contributed by atoms with Crippen LogP contribution in [0.2, 0.25) is 0 Å². The molecule has 0 spiro atoms. The summed E-state index contributed by atoms with van der Waals surface area (Å²) in [6.07, 6.45) is 18.2. The SMILES string of the molecule is CCCCCC(C)(C)SCCCOc1nc(OCCCSC(C)(C)CCCCC)nc(OCCCSC(C)(C)CCCCC)n1. The van der Waals surface area contributed by atoms with E-state index in [1.54, 1.807) is 0 Å². The molecule has 0 aromatic carbocycles. The lowest BCUT2D eigenvalue weighted by Crippen LogP contribution is -2.16. The van der Waals surface area contributed by atoms with Crippen molar-refractivity contribution in [3.8, 4) is 18.0 Å². The summed E-state index contributed by atoms with van der Waals surface area (Å²) in [5.74, 6) is 3.15. The molecule has 1 heterocycles. The number of aromatic nitrogens is 3. The topological polar surface area (TPSA) is 66.4 Å². The highest BCUT2D eigenvalue weighted by molar-refractivity contribution is 8.01. The number of hydrogen-bond acceptors (Lipinski definition) is 9. The summed E-state index contributed by atoms with van der Waals surface area (Å²) in [5.41, 5.74) is 0. The van der Waals surface area contributed by atoms with Crippen molar-refractivity contribution in [3.05, 3.63) is 0 Å². The van der Waals surface area contributed by atoms with Crippen LogP contribution >= 0.6 is 35.3 Å². The largest absolute Gasteiger partial charge is 0.463 e. The summed E-state index contributed by atoms with van der Waals surface area (Å²) in [4.78, 5) is 13.4. The summed E-state index contributed by atoms with van der Waals surface area (Å²) in [5, 5.41) is 0. The van der Waals surface area contributed by atoms with Crippen LogP contribution in [0, 0.1) is 0 Å². The fourth-order valence-corrected chi connectivity index (χ4v) is 8.16. The van der Waals surface area contributed by atoms with Crippen molar-refractivity contribution in [2.75, 3.05) is 37.1 Å². The first kappa shape index (κ1) is 42.5. The molecule has 0 aliphatic heterocycles. The highest BCUT2D eigenvalue weighted by atomic mass is 32.2. The molecular formula is C36H69N3O3S3. The van der Waals surface area contributed by atoms with Crippen LogP contribution in [0.3, 0.4) is 0 Å². The fourth-order valence-electron chi connectivity index (χ4n) is 4.85. The van der Waals surface area contributed by atoms with E-state index in [2.05, 4.69) is 77.3 Å². The van der Waals surface area contributed by atoms with Crippen LogP contribution in [0.4, 0.5) is 0 Å². The van der Waals surface area contributed by atoms with E-state index in [0.717, 1.165) is 36.5 Å². The second-order valence-corrected chi connectivity index (χ2v) is 19.4.